The molecule has 0 bridgehead atoms. The summed E-state index contributed by atoms with van der Waals surface area (Å²) in [7, 11) is 0. The maximum atomic E-state index is 6.77. The molecular weight excluding hydrogens is 48.0 g/mol. The van der Waals surface area contributed by atoms with E-state index in [4.69, 9.17) is 8.22 Å². The molecule has 0 unspecified atom stereocenters. The third-order valence-corrected chi connectivity index (χ3v) is 0. The van der Waals surface area contributed by atoms with Crippen LogP contribution in [0.1, 0.15) is 28.9 Å². The molecule has 0 spiro atoms. The van der Waals surface area contributed by atoms with Gasteiger partial charge in [0.05, 0.1) is 0 Å². The average molecular weight is 64.2 g/mol. The molecule has 0 amide bonds. The Morgan fingerprint density at radius 1 is 1.75 bits per heavy atom. The van der Waals surface area contributed by atoms with Crippen LogP contribution in [0.25, 0.3) is 0 Å². The highest BCUT2D eigenvalue weighted by atomic mass is 13.7. The highest BCUT2D eigenvalue weighted by Crippen LogP contribution is 1.81. The van der Waals surface area contributed by atoms with Gasteiger partial charge in [-0.15, -0.1) is 0 Å². The van der Waals surface area contributed by atoms with Gasteiger partial charge in [0.2, 0.25) is 0 Å². The van der Waals surface area contributed by atoms with E-state index in [-0.39, 0.29) is 0 Å². The van der Waals surface area contributed by atoms with Crippen molar-refractivity contribution in [2.75, 3.05) is 0 Å². The molecule has 0 N–H and O–H groups in total. The molecule has 26 valence electrons. The average Bonchev–Trinajstić information content (AvgIpc) is 1.59. The zero-order chi connectivity index (χ0) is 8.58. The third-order valence-electron chi connectivity index (χ3n) is 0. The molecule has 4 heavy (non-hydrogen) atoms. The molecule has 0 saturated carbocycles. The van der Waals surface area contributed by atoms with Gasteiger partial charge in [0.1, 0.15) is 0 Å². The Kier molecular flexibility index (Phi) is 0.148. The molecule has 0 saturated heterocycles. The van der Waals surface area contributed by atoms with Crippen molar-refractivity contribution in [1.29, 1.82) is 0 Å². The van der Waals surface area contributed by atoms with Gasteiger partial charge >= 0.3 is 0 Å². The molecular formula is C4H10. The van der Waals surface area contributed by atoms with E-state index in [0.717, 1.165) is 0 Å². The van der Waals surface area contributed by atoms with Gasteiger partial charge in [0, 0.05) is 8.22 Å². The molecule has 0 aromatic rings. The van der Waals surface area contributed by atoms with Crippen LogP contribution in [0.5, 0.6) is 0 Å². The normalized spacial score (nSPS) is 37.5. The molecule has 0 heterocycles. The third kappa shape index (κ3) is 0. The molecule has 0 fully saturated rings. The lowest BCUT2D eigenvalue weighted by Crippen LogP contribution is -1.66. The summed E-state index contributed by atoms with van der Waals surface area (Å²) in [6, 6.07) is 0. The molecule has 0 aromatic heterocycles. The molecule has 0 atom stereocenters. The standard InChI is InChI=1S/C4H10/c1-4(2)3/h4H,1-3H3/i1D3,2D3. The first-order chi connectivity index (χ1) is 4.15. The molecule has 0 aromatic carbocycles. The van der Waals surface area contributed by atoms with Crippen LogP contribution in [-0.4, -0.2) is 0 Å². The van der Waals surface area contributed by atoms with Crippen LogP contribution in [-0.2, 0) is 0 Å². The summed E-state index contributed by atoms with van der Waals surface area (Å²) in [4.78, 5) is 0. The van der Waals surface area contributed by atoms with E-state index in [9.17, 15) is 0 Å². The molecule has 0 rings (SSSR count). The van der Waals surface area contributed by atoms with Gasteiger partial charge in [-0.05, 0) is 5.92 Å². The van der Waals surface area contributed by atoms with Crippen LogP contribution in [0.4, 0.5) is 0 Å². The Balaban J connectivity index is 4.23. The van der Waals surface area contributed by atoms with Gasteiger partial charge < -0.3 is 0 Å². The summed E-state index contributed by atoms with van der Waals surface area (Å²) >= 11 is 0. The Hall–Kier alpha value is 0. The summed E-state index contributed by atoms with van der Waals surface area (Å²) < 4.78 is 40.6. The molecule has 0 radical (unpaired) electrons. The predicted molar refractivity (Wildman–Crippen MR) is 20.5 cm³/mol. The number of hydrogen-bond donors (Lipinski definition) is 0. The van der Waals surface area contributed by atoms with Crippen LogP contribution in [0.2, 0.25) is 0 Å². The van der Waals surface area contributed by atoms with E-state index in [1.165, 1.54) is 6.92 Å². The largest absolute Gasteiger partial charge is 0.0630 e. The van der Waals surface area contributed by atoms with Gasteiger partial charge in [0.25, 0.3) is 0 Å². The lowest BCUT2D eigenvalue weighted by atomic mass is 10.3. The van der Waals surface area contributed by atoms with E-state index in [0.29, 0.717) is 0 Å². The monoisotopic (exact) mass is 64.1 g/mol. The predicted octanol–water partition coefficient (Wildman–Crippen LogP) is 1.66. The molecule has 0 nitrogen and oxygen atoms in total. The SMILES string of the molecule is [2H]C([2H])([2H])C(C)C([2H])([2H])[2H]. The van der Waals surface area contributed by atoms with Crippen LogP contribution >= 0.6 is 0 Å². The van der Waals surface area contributed by atoms with E-state index < -0.39 is 19.6 Å². The molecule has 0 heteroatoms. The maximum Gasteiger partial charge on any atom is 0.0233 e. The fourth-order valence-electron chi connectivity index (χ4n) is 0. The van der Waals surface area contributed by atoms with Crippen molar-refractivity contribution in [2.24, 2.45) is 5.92 Å². The van der Waals surface area contributed by atoms with Crippen LogP contribution < -0.4 is 0 Å². The van der Waals surface area contributed by atoms with E-state index in [2.05, 4.69) is 0 Å². The topological polar surface area (TPSA) is 0 Å². The zero-order valence-corrected chi connectivity index (χ0v) is 2.58. The second kappa shape index (κ2) is 1.33. The van der Waals surface area contributed by atoms with Gasteiger partial charge in [-0.1, -0.05) is 20.6 Å². The van der Waals surface area contributed by atoms with Gasteiger partial charge in [-0.3, -0.25) is 0 Å². The summed E-state index contributed by atoms with van der Waals surface area (Å²) in [6.07, 6.45) is 0. The minimum absolute atomic E-state index is 1.21. The molecule has 0 aliphatic heterocycles. The van der Waals surface area contributed by atoms with Crippen molar-refractivity contribution in [3.63, 3.8) is 0 Å². The minimum atomic E-state index is -2.37. The van der Waals surface area contributed by atoms with Crippen molar-refractivity contribution in [3.8, 4) is 0 Å². The van der Waals surface area contributed by atoms with Gasteiger partial charge in [0.15, 0.2) is 0 Å². The second-order valence-corrected chi connectivity index (χ2v) is 0.722. The van der Waals surface area contributed by atoms with Crippen molar-refractivity contribution < 1.29 is 8.22 Å². The minimum Gasteiger partial charge on any atom is -0.0630 e. The van der Waals surface area contributed by atoms with E-state index >= 15 is 0 Å². The van der Waals surface area contributed by atoms with E-state index in [1.807, 2.05) is 0 Å². The highest BCUT2D eigenvalue weighted by molar-refractivity contribution is 4.20. The first-order valence-electron chi connectivity index (χ1n) is 4.15. The summed E-state index contributed by atoms with van der Waals surface area (Å²) in [5.41, 5.74) is 0. The Bertz CT molecular complexity index is 93.9. The van der Waals surface area contributed by atoms with Crippen molar-refractivity contribution in [1.82, 2.24) is 0 Å². The first-order valence-corrected chi connectivity index (χ1v) is 1.15. The molecule has 0 aliphatic carbocycles. The Morgan fingerprint density at radius 3 is 2.25 bits per heavy atom. The van der Waals surface area contributed by atoms with Gasteiger partial charge in [-0.25, -0.2) is 0 Å². The summed E-state index contributed by atoms with van der Waals surface area (Å²) in [5.74, 6) is -1.24. The lowest BCUT2D eigenvalue weighted by Gasteiger charge is -1.79. The van der Waals surface area contributed by atoms with Crippen molar-refractivity contribution in [2.45, 2.75) is 20.6 Å². The fourth-order valence-corrected chi connectivity index (χ4v) is 0. The second-order valence-electron chi connectivity index (χ2n) is 0.722. The van der Waals surface area contributed by atoms with Crippen LogP contribution in [0.3, 0.4) is 0 Å². The van der Waals surface area contributed by atoms with Crippen LogP contribution in [0.15, 0.2) is 0 Å². The summed E-state index contributed by atoms with van der Waals surface area (Å²) in [5, 5.41) is 0. The van der Waals surface area contributed by atoms with Gasteiger partial charge in [-0.2, -0.15) is 0 Å². The number of rotatable bonds is 0. The molecule has 0 aliphatic rings. The fraction of sp³-hybridized carbons (Fsp3) is 1.00. The Morgan fingerprint density at radius 2 is 2.25 bits per heavy atom. The van der Waals surface area contributed by atoms with Crippen LogP contribution in [0, 0.1) is 5.92 Å². The number of hydrogen-bond acceptors (Lipinski definition) is 0. The van der Waals surface area contributed by atoms with E-state index in [1.54, 1.807) is 0 Å². The maximum absolute atomic E-state index is 6.77. The smallest absolute Gasteiger partial charge is 0.0233 e. The van der Waals surface area contributed by atoms with Crippen molar-refractivity contribution in [3.05, 3.63) is 0 Å². The van der Waals surface area contributed by atoms with Crippen molar-refractivity contribution >= 4 is 0 Å². The zero-order valence-electron chi connectivity index (χ0n) is 8.58. The Labute approximate surface area is 36.3 Å². The first kappa shape index (κ1) is 0.444. The summed E-state index contributed by atoms with van der Waals surface area (Å²) in [6.45, 7) is -3.53. The highest BCUT2D eigenvalue weighted by Gasteiger charge is 1.68. The lowest BCUT2D eigenvalue weighted by molar-refractivity contribution is 0.737. The quantitative estimate of drug-likeness (QED) is 0.402.